The number of rotatable bonds is 3. The smallest absolute Gasteiger partial charge is 0.179 e. The van der Waals surface area contributed by atoms with Crippen LogP contribution in [0.2, 0.25) is 0 Å². The van der Waals surface area contributed by atoms with Gasteiger partial charge in [0.05, 0.1) is 5.69 Å². The maximum absolute atomic E-state index is 12.3. The molecule has 1 fully saturated rings. The van der Waals surface area contributed by atoms with Gasteiger partial charge in [-0.1, -0.05) is 30.3 Å². The van der Waals surface area contributed by atoms with Gasteiger partial charge < -0.3 is 4.90 Å². The van der Waals surface area contributed by atoms with Gasteiger partial charge in [-0.15, -0.1) is 0 Å². The van der Waals surface area contributed by atoms with E-state index in [1.54, 1.807) is 0 Å². The van der Waals surface area contributed by atoms with E-state index < -0.39 is 9.84 Å². The molecule has 0 atom stereocenters. The number of pyridine rings is 1. The van der Waals surface area contributed by atoms with Crippen LogP contribution in [0, 0.1) is 6.92 Å². The Balaban J connectivity index is 2.18. The average molecular weight is 330 g/mol. The Labute approximate surface area is 138 Å². The lowest BCUT2D eigenvalue weighted by Gasteiger charge is -2.30. The molecule has 1 aliphatic heterocycles. The Morgan fingerprint density at radius 2 is 1.70 bits per heavy atom. The molecule has 122 valence electrons. The molecule has 0 amide bonds. The molecule has 5 heteroatoms. The van der Waals surface area contributed by atoms with Gasteiger partial charge in [0.15, 0.2) is 9.84 Å². The summed E-state index contributed by atoms with van der Waals surface area (Å²) in [5.41, 5.74) is 2.60. The molecule has 0 saturated carbocycles. The van der Waals surface area contributed by atoms with Crippen molar-refractivity contribution in [1.29, 1.82) is 0 Å². The molecule has 1 aromatic carbocycles. The zero-order valence-corrected chi connectivity index (χ0v) is 14.4. The van der Waals surface area contributed by atoms with E-state index in [9.17, 15) is 8.42 Å². The first-order chi connectivity index (χ1) is 11.0. The highest BCUT2D eigenvalue weighted by Crippen LogP contribution is 2.32. The lowest BCUT2D eigenvalue weighted by atomic mass is 10.1. The summed E-state index contributed by atoms with van der Waals surface area (Å²) in [4.78, 5) is 7.24. The van der Waals surface area contributed by atoms with Crippen LogP contribution in [0.25, 0.3) is 11.3 Å². The molecule has 0 unspecified atom stereocenters. The van der Waals surface area contributed by atoms with E-state index in [0.29, 0.717) is 10.7 Å². The molecule has 0 aliphatic carbocycles. The lowest BCUT2D eigenvalue weighted by molar-refractivity contribution is 0.566. The number of nitrogens with zero attached hydrogens (tertiary/aromatic N) is 2. The van der Waals surface area contributed by atoms with Crippen LogP contribution >= 0.6 is 0 Å². The van der Waals surface area contributed by atoms with Crippen molar-refractivity contribution in [2.24, 2.45) is 0 Å². The van der Waals surface area contributed by atoms with Gasteiger partial charge in [0.1, 0.15) is 10.7 Å². The fraction of sp³-hybridized carbons (Fsp3) is 0.389. The number of aryl methyl sites for hydroxylation is 1. The summed E-state index contributed by atoms with van der Waals surface area (Å²) in [6.07, 6.45) is 4.63. The number of sulfone groups is 1. The van der Waals surface area contributed by atoms with Crippen molar-refractivity contribution in [2.45, 2.75) is 31.1 Å². The van der Waals surface area contributed by atoms with Gasteiger partial charge in [0.25, 0.3) is 0 Å². The zero-order valence-electron chi connectivity index (χ0n) is 13.6. The maximum atomic E-state index is 12.3. The Bertz CT molecular complexity index is 795. The second-order valence-corrected chi connectivity index (χ2v) is 8.12. The summed E-state index contributed by atoms with van der Waals surface area (Å²) >= 11 is 0. The summed E-state index contributed by atoms with van der Waals surface area (Å²) in [6, 6.07) is 11.8. The van der Waals surface area contributed by atoms with Gasteiger partial charge in [-0.3, -0.25) is 0 Å². The molecule has 0 bridgehead atoms. The van der Waals surface area contributed by atoms with E-state index >= 15 is 0 Å². The van der Waals surface area contributed by atoms with Crippen LogP contribution in [-0.2, 0) is 9.84 Å². The third-order valence-corrected chi connectivity index (χ3v) is 5.48. The number of piperidine rings is 1. The monoisotopic (exact) mass is 330 g/mol. The molecule has 2 aromatic rings. The minimum Gasteiger partial charge on any atom is -0.356 e. The largest absolute Gasteiger partial charge is 0.356 e. The molecular weight excluding hydrogens is 308 g/mol. The van der Waals surface area contributed by atoms with Gasteiger partial charge in [-0.05, 0) is 37.8 Å². The predicted molar refractivity (Wildman–Crippen MR) is 93.6 cm³/mol. The van der Waals surface area contributed by atoms with Gasteiger partial charge in [0, 0.05) is 24.9 Å². The first kappa shape index (κ1) is 16.0. The highest BCUT2D eigenvalue weighted by Gasteiger charge is 2.24. The Hall–Kier alpha value is -1.88. The molecule has 3 rings (SSSR count). The molecular formula is C18H22N2O2S. The van der Waals surface area contributed by atoms with E-state index in [1.165, 1.54) is 12.7 Å². The summed E-state index contributed by atoms with van der Waals surface area (Å²) in [5, 5.41) is 0. The second-order valence-electron chi connectivity index (χ2n) is 6.16. The van der Waals surface area contributed by atoms with Crippen LogP contribution in [0.1, 0.15) is 24.8 Å². The Morgan fingerprint density at radius 1 is 1.04 bits per heavy atom. The van der Waals surface area contributed by atoms with Crippen LogP contribution < -0.4 is 4.90 Å². The molecule has 1 saturated heterocycles. The highest BCUT2D eigenvalue weighted by atomic mass is 32.2. The fourth-order valence-corrected chi connectivity index (χ4v) is 4.33. The first-order valence-corrected chi connectivity index (χ1v) is 9.88. The molecule has 23 heavy (non-hydrogen) atoms. The average Bonchev–Trinajstić information content (AvgIpc) is 2.54. The number of benzene rings is 1. The topological polar surface area (TPSA) is 50.3 Å². The predicted octanol–water partition coefficient (Wildman–Crippen LogP) is 3.45. The van der Waals surface area contributed by atoms with E-state index in [2.05, 4.69) is 4.90 Å². The van der Waals surface area contributed by atoms with E-state index in [0.717, 1.165) is 42.8 Å². The SMILES string of the molecule is Cc1cc(-c2ccccc2)nc(N2CCCCC2)c1S(C)(=O)=O. The van der Waals surface area contributed by atoms with Crippen molar-refractivity contribution >= 4 is 15.7 Å². The second kappa shape index (κ2) is 6.32. The Kier molecular flexibility index (Phi) is 4.39. The number of anilines is 1. The van der Waals surface area contributed by atoms with Crippen molar-refractivity contribution in [2.75, 3.05) is 24.2 Å². The first-order valence-electron chi connectivity index (χ1n) is 7.99. The van der Waals surface area contributed by atoms with Gasteiger partial charge in [-0.25, -0.2) is 13.4 Å². The molecule has 1 aliphatic rings. The van der Waals surface area contributed by atoms with Crippen LogP contribution in [-0.4, -0.2) is 32.7 Å². The zero-order chi connectivity index (χ0) is 16.4. The van der Waals surface area contributed by atoms with E-state index in [1.807, 2.05) is 43.3 Å². The normalized spacial score (nSPS) is 15.7. The van der Waals surface area contributed by atoms with Crippen molar-refractivity contribution in [1.82, 2.24) is 4.98 Å². The minimum atomic E-state index is -3.32. The van der Waals surface area contributed by atoms with Crippen LogP contribution in [0.15, 0.2) is 41.3 Å². The molecule has 2 heterocycles. The lowest BCUT2D eigenvalue weighted by Crippen LogP contribution is -2.32. The number of aromatic nitrogens is 1. The van der Waals surface area contributed by atoms with E-state index in [4.69, 9.17) is 4.98 Å². The fourth-order valence-electron chi connectivity index (χ4n) is 3.18. The number of hydrogen-bond acceptors (Lipinski definition) is 4. The summed E-state index contributed by atoms with van der Waals surface area (Å²) in [7, 11) is -3.32. The van der Waals surface area contributed by atoms with Gasteiger partial charge in [-0.2, -0.15) is 0 Å². The van der Waals surface area contributed by atoms with E-state index in [-0.39, 0.29) is 0 Å². The summed E-state index contributed by atoms with van der Waals surface area (Å²) in [5.74, 6) is 0.617. The molecule has 0 N–H and O–H groups in total. The van der Waals surface area contributed by atoms with Crippen molar-refractivity contribution in [3.05, 3.63) is 42.0 Å². The highest BCUT2D eigenvalue weighted by molar-refractivity contribution is 7.91. The molecule has 1 aromatic heterocycles. The van der Waals surface area contributed by atoms with Crippen LogP contribution in [0.5, 0.6) is 0 Å². The van der Waals surface area contributed by atoms with Crippen LogP contribution in [0.4, 0.5) is 5.82 Å². The van der Waals surface area contributed by atoms with Gasteiger partial charge in [0.2, 0.25) is 0 Å². The van der Waals surface area contributed by atoms with Crippen molar-refractivity contribution in [3.8, 4) is 11.3 Å². The molecule has 4 nitrogen and oxygen atoms in total. The van der Waals surface area contributed by atoms with Crippen molar-refractivity contribution < 1.29 is 8.42 Å². The van der Waals surface area contributed by atoms with Gasteiger partial charge >= 0.3 is 0 Å². The third-order valence-electron chi connectivity index (χ3n) is 4.24. The molecule has 0 radical (unpaired) electrons. The quantitative estimate of drug-likeness (QED) is 0.865. The molecule has 0 spiro atoms. The summed E-state index contributed by atoms with van der Waals surface area (Å²) < 4.78 is 24.6. The minimum absolute atomic E-state index is 0.374. The van der Waals surface area contributed by atoms with Crippen molar-refractivity contribution in [3.63, 3.8) is 0 Å². The number of hydrogen-bond donors (Lipinski definition) is 0. The standard InChI is InChI=1S/C18H22N2O2S/c1-14-13-16(15-9-5-3-6-10-15)19-18(17(14)23(2,21)22)20-11-7-4-8-12-20/h3,5-6,9-10,13H,4,7-8,11-12H2,1-2H3. The van der Waals surface area contributed by atoms with Crippen LogP contribution in [0.3, 0.4) is 0 Å². The maximum Gasteiger partial charge on any atom is 0.179 e. The third kappa shape index (κ3) is 3.39. The Morgan fingerprint density at radius 3 is 2.30 bits per heavy atom. The summed E-state index contributed by atoms with van der Waals surface area (Å²) in [6.45, 7) is 3.60.